The van der Waals surface area contributed by atoms with Gasteiger partial charge in [0.15, 0.2) is 0 Å². The van der Waals surface area contributed by atoms with Gasteiger partial charge in [0.25, 0.3) is 0 Å². The summed E-state index contributed by atoms with van der Waals surface area (Å²) in [5, 5.41) is 7.53. The smallest absolute Gasteiger partial charge is 0.250 e. The van der Waals surface area contributed by atoms with Crippen molar-refractivity contribution in [2.45, 2.75) is 11.5 Å². The molecular formula is C26H20Cl2N2O2S. The Hall–Kier alpha value is -2.99. The molecule has 4 nitrogen and oxygen atoms in total. The summed E-state index contributed by atoms with van der Waals surface area (Å²) in [4.78, 5) is 13.2. The molecule has 1 N–H and O–H groups in total. The molecule has 0 aliphatic heterocycles. The second kappa shape index (κ2) is 11.2. The van der Waals surface area contributed by atoms with Gasteiger partial charge in [-0.05, 0) is 47.2 Å². The number of hydrogen-bond donors (Lipinski definition) is 1. The first-order chi connectivity index (χ1) is 16.1. The van der Waals surface area contributed by atoms with Gasteiger partial charge in [-0.1, -0.05) is 71.7 Å². The number of thioether (sulfide) groups is 1. The van der Waals surface area contributed by atoms with Gasteiger partial charge in [-0.3, -0.25) is 4.79 Å². The van der Waals surface area contributed by atoms with E-state index >= 15 is 0 Å². The molecule has 0 fully saturated rings. The summed E-state index contributed by atoms with van der Waals surface area (Å²) in [6.45, 7) is 0.322. The average molecular weight is 495 g/mol. The van der Waals surface area contributed by atoms with E-state index in [1.54, 1.807) is 18.3 Å². The second-order valence-electron chi connectivity index (χ2n) is 7.11. The van der Waals surface area contributed by atoms with Crippen LogP contribution < -0.4 is 10.2 Å². The number of ether oxygens (including phenoxy) is 1. The highest BCUT2D eigenvalue weighted by molar-refractivity contribution is 8.00. The summed E-state index contributed by atoms with van der Waals surface area (Å²) >= 11 is 13.6. The van der Waals surface area contributed by atoms with Crippen LogP contribution in [0, 0.1) is 0 Å². The Morgan fingerprint density at radius 3 is 2.52 bits per heavy atom. The lowest BCUT2D eigenvalue weighted by atomic mass is 10.0. The number of carbonyl (C=O) groups is 1. The van der Waals surface area contributed by atoms with Crippen molar-refractivity contribution in [3.05, 3.63) is 106 Å². The molecule has 4 aromatic carbocycles. The Balaban J connectivity index is 1.47. The number of nitrogens with zero attached hydrogens (tertiary/aromatic N) is 1. The lowest BCUT2D eigenvalue weighted by molar-refractivity contribution is -0.118. The van der Waals surface area contributed by atoms with Crippen LogP contribution in [0.2, 0.25) is 10.0 Å². The normalized spacial score (nSPS) is 11.1. The first-order valence-electron chi connectivity index (χ1n) is 10.2. The van der Waals surface area contributed by atoms with Crippen LogP contribution in [0.15, 0.2) is 94.9 Å². The van der Waals surface area contributed by atoms with E-state index in [4.69, 9.17) is 27.9 Å². The number of hydrogen-bond acceptors (Lipinski definition) is 4. The average Bonchev–Trinajstić information content (AvgIpc) is 2.84. The summed E-state index contributed by atoms with van der Waals surface area (Å²) in [5.41, 5.74) is 4.27. The van der Waals surface area contributed by atoms with Gasteiger partial charge in [-0.2, -0.15) is 5.10 Å². The maximum Gasteiger partial charge on any atom is 0.250 e. The second-order valence-corrected chi connectivity index (χ2v) is 9.01. The van der Waals surface area contributed by atoms with Gasteiger partial charge in [-0.15, -0.1) is 11.8 Å². The molecule has 0 radical (unpaired) electrons. The highest BCUT2D eigenvalue weighted by Gasteiger charge is 2.09. The van der Waals surface area contributed by atoms with E-state index in [0.717, 1.165) is 26.8 Å². The number of carbonyl (C=O) groups excluding carboxylic acids is 1. The molecule has 0 heterocycles. The molecule has 166 valence electrons. The van der Waals surface area contributed by atoms with Crippen LogP contribution in [0.1, 0.15) is 11.1 Å². The van der Waals surface area contributed by atoms with Crippen molar-refractivity contribution in [2.75, 3.05) is 5.75 Å². The van der Waals surface area contributed by atoms with Gasteiger partial charge in [-0.25, -0.2) is 5.43 Å². The highest BCUT2D eigenvalue weighted by atomic mass is 35.5. The Kier molecular flexibility index (Phi) is 7.89. The number of hydrazone groups is 1. The molecule has 33 heavy (non-hydrogen) atoms. The van der Waals surface area contributed by atoms with E-state index in [2.05, 4.69) is 10.5 Å². The van der Waals surface area contributed by atoms with Crippen LogP contribution in [0.25, 0.3) is 10.8 Å². The minimum atomic E-state index is -0.204. The maximum absolute atomic E-state index is 12.3. The van der Waals surface area contributed by atoms with E-state index in [1.807, 2.05) is 72.8 Å². The van der Waals surface area contributed by atoms with Crippen molar-refractivity contribution in [3.8, 4) is 5.75 Å². The van der Waals surface area contributed by atoms with E-state index in [9.17, 15) is 4.79 Å². The predicted molar refractivity (Wildman–Crippen MR) is 138 cm³/mol. The minimum Gasteiger partial charge on any atom is -0.488 e. The molecule has 7 heteroatoms. The van der Waals surface area contributed by atoms with Crippen LogP contribution in [0.5, 0.6) is 5.75 Å². The fourth-order valence-electron chi connectivity index (χ4n) is 3.19. The van der Waals surface area contributed by atoms with Crippen molar-refractivity contribution in [1.29, 1.82) is 0 Å². The summed E-state index contributed by atoms with van der Waals surface area (Å²) in [6.07, 6.45) is 1.62. The molecule has 4 rings (SSSR count). The molecule has 4 aromatic rings. The van der Waals surface area contributed by atoms with Gasteiger partial charge < -0.3 is 4.74 Å². The SMILES string of the molecule is O=C(CSc1ccc(Cl)cc1)N/N=C\c1c(OCc2ccccc2Cl)ccc2ccccc12. The van der Waals surface area contributed by atoms with Crippen molar-refractivity contribution < 1.29 is 9.53 Å². The number of rotatable bonds is 8. The Morgan fingerprint density at radius 2 is 1.70 bits per heavy atom. The van der Waals surface area contributed by atoms with Gasteiger partial charge >= 0.3 is 0 Å². The van der Waals surface area contributed by atoms with Crippen LogP contribution in [0.3, 0.4) is 0 Å². The predicted octanol–water partition coefficient (Wildman–Crippen LogP) is 6.97. The molecule has 0 atom stereocenters. The fraction of sp³-hybridized carbons (Fsp3) is 0.0769. The van der Waals surface area contributed by atoms with Gasteiger partial charge in [0, 0.05) is 26.1 Å². The molecule has 0 aromatic heterocycles. The van der Waals surface area contributed by atoms with E-state index in [-0.39, 0.29) is 11.7 Å². The van der Waals surface area contributed by atoms with E-state index in [0.29, 0.717) is 22.4 Å². The quantitative estimate of drug-likeness (QED) is 0.163. The van der Waals surface area contributed by atoms with Crippen LogP contribution >= 0.6 is 35.0 Å². The Labute approximate surface area is 206 Å². The Bertz CT molecular complexity index is 1290. The van der Waals surface area contributed by atoms with E-state index < -0.39 is 0 Å². The molecule has 0 saturated heterocycles. The standard InChI is InChI=1S/C26H20Cl2N2O2S/c27-20-10-12-21(13-11-20)33-17-26(31)30-29-15-23-22-7-3-1-5-18(22)9-14-25(23)32-16-19-6-2-4-8-24(19)28/h1-15H,16-17H2,(H,30,31)/b29-15-. The molecular weight excluding hydrogens is 475 g/mol. The fourth-order valence-corrected chi connectivity index (χ4v) is 4.19. The van der Waals surface area contributed by atoms with Crippen LogP contribution in [-0.4, -0.2) is 17.9 Å². The van der Waals surface area contributed by atoms with Crippen molar-refractivity contribution in [2.24, 2.45) is 5.10 Å². The monoisotopic (exact) mass is 494 g/mol. The molecule has 0 aliphatic carbocycles. The number of fused-ring (bicyclic) bond motifs is 1. The van der Waals surface area contributed by atoms with Crippen molar-refractivity contribution in [1.82, 2.24) is 5.43 Å². The number of amides is 1. The van der Waals surface area contributed by atoms with Crippen LogP contribution in [-0.2, 0) is 11.4 Å². The highest BCUT2D eigenvalue weighted by Crippen LogP contribution is 2.28. The maximum atomic E-state index is 12.3. The minimum absolute atomic E-state index is 0.204. The third-order valence-electron chi connectivity index (χ3n) is 4.84. The summed E-state index contributed by atoms with van der Waals surface area (Å²) in [7, 11) is 0. The van der Waals surface area contributed by atoms with Gasteiger partial charge in [0.05, 0.1) is 12.0 Å². The first-order valence-corrected chi connectivity index (χ1v) is 11.9. The third kappa shape index (κ3) is 6.29. The van der Waals surface area contributed by atoms with E-state index in [1.165, 1.54) is 11.8 Å². The lowest BCUT2D eigenvalue weighted by Gasteiger charge is -2.12. The summed E-state index contributed by atoms with van der Waals surface area (Å²) in [5.74, 6) is 0.691. The zero-order chi connectivity index (χ0) is 23.0. The molecule has 0 saturated carbocycles. The number of benzene rings is 4. The molecule has 0 unspecified atom stereocenters. The topological polar surface area (TPSA) is 50.7 Å². The summed E-state index contributed by atoms with van der Waals surface area (Å²) in [6, 6.07) is 26.8. The molecule has 0 spiro atoms. The van der Waals surface area contributed by atoms with Crippen molar-refractivity contribution >= 4 is 57.9 Å². The van der Waals surface area contributed by atoms with Gasteiger partial charge in [0.2, 0.25) is 5.91 Å². The molecule has 0 aliphatic rings. The number of halogens is 2. The lowest BCUT2D eigenvalue weighted by Crippen LogP contribution is -2.19. The van der Waals surface area contributed by atoms with Crippen LogP contribution in [0.4, 0.5) is 0 Å². The Morgan fingerprint density at radius 1 is 0.939 bits per heavy atom. The largest absolute Gasteiger partial charge is 0.488 e. The first kappa shape index (κ1) is 23.2. The zero-order valence-corrected chi connectivity index (χ0v) is 19.8. The third-order valence-corrected chi connectivity index (χ3v) is 6.47. The van der Waals surface area contributed by atoms with Crippen molar-refractivity contribution in [3.63, 3.8) is 0 Å². The molecule has 1 amide bonds. The zero-order valence-electron chi connectivity index (χ0n) is 17.5. The number of nitrogens with one attached hydrogen (secondary N) is 1. The van der Waals surface area contributed by atoms with Gasteiger partial charge in [0.1, 0.15) is 12.4 Å². The summed E-state index contributed by atoms with van der Waals surface area (Å²) < 4.78 is 6.08. The molecule has 0 bridgehead atoms.